The molecule has 26 rings (SSSR count). The maximum atomic E-state index is 4.49. The van der Waals surface area contributed by atoms with Gasteiger partial charge in [-0.05, 0) is 199 Å². The molecule has 0 aliphatic carbocycles. The molecule has 17 aromatic carbocycles. The third-order valence-electron chi connectivity index (χ3n) is 23.4. The van der Waals surface area contributed by atoms with Crippen LogP contribution < -0.4 is 0 Å². The molecule has 0 spiro atoms. The van der Waals surface area contributed by atoms with E-state index in [1.807, 2.05) is 445 Å². The standard InChI is InChI=1S/2C17H12N.6C15H10N.C12H10N.3Ir/c1-3-8-14(9-4-1)16-12-7-13-18-17(16)15-10-5-2-6-11-15;1-3-7-14(8-4-1)16-11-12-18-17(13-16)15-9-5-2-6-10-15;6*1-2-7-13(8-3-1)15-14-9-5-4-6-12(14)10-11-16-15;1-10-7-8-12(13-9-10)11-5-3-2-4-6-11;;;/h1-10,12-13H;1-9,11-13H;6*1-7,9-11H;2-5,7-9H,1H3;;;/q9*-1;3*+3. The number of hydrogen-bond acceptors (Lipinski definition) is 9. The smallest absolute Gasteiger partial charge is 0.305 e. The van der Waals surface area contributed by atoms with Crippen molar-refractivity contribution in [3.8, 4) is 124 Å². The van der Waals surface area contributed by atoms with Crippen molar-refractivity contribution in [3.63, 3.8) is 0 Å². The molecule has 9 heterocycles. The molecule has 0 saturated heterocycles. The second kappa shape index (κ2) is 55.5. The summed E-state index contributed by atoms with van der Waals surface area (Å²) in [7, 11) is 0. The van der Waals surface area contributed by atoms with Crippen LogP contribution in [0, 0.1) is 61.5 Å². The minimum atomic E-state index is 0. The van der Waals surface area contributed by atoms with Gasteiger partial charge in [0.05, 0.1) is 0 Å². The molecule has 0 atom stereocenters. The van der Waals surface area contributed by atoms with Crippen molar-refractivity contribution in [1.82, 2.24) is 44.9 Å². The molecule has 9 nitrogen and oxygen atoms in total. The van der Waals surface area contributed by atoms with E-state index in [2.05, 4.69) is 215 Å². The predicted molar refractivity (Wildman–Crippen MR) is 597 cm³/mol. The topological polar surface area (TPSA) is 116 Å². The first-order chi connectivity index (χ1) is 71.9. The van der Waals surface area contributed by atoms with Gasteiger partial charge in [0.2, 0.25) is 0 Å². The summed E-state index contributed by atoms with van der Waals surface area (Å²) in [4.78, 5) is 39.9. The molecule has 0 radical (unpaired) electrons. The Kier molecular flexibility index (Phi) is 39.3. The zero-order valence-electron chi connectivity index (χ0n) is 80.6. The van der Waals surface area contributed by atoms with E-state index in [0.717, 1.165) is 107 Å². The molecular formula is C136H94Ir3N9. The van der Waals surface area contributed by atoms with Crippen LogP contribution in [0.1, 0.15) is 5.56 Å². The maximum Gasteiger partial charge on any atom is 3.00 e. The van der Waals surface area contributed by atoms with Crippen LogP contribution in [-0.2, 0) is 60.3 Å². The van der Waals surface area contributed by atoms with E-state index < -0.39 is 0 Å². The molecule has 148 heavy (non-hydrogen) atoms. The number of pyridine rings is 9. The second-order valence-corrected chi connectivity index (χ2v) is 33.1. The summed E-state index contributed by atoms with van der Waals surface area (Å²) in [6.45, 7) is 2.03. The third-order valence-corrected chi connectivity index (χ3v) is 23.4. The maximum absolute atomic E-state index is 4.49. The Bertz CT molecular complexity index is 7490. The first-order valence-corrected chi connectivity index (χ1v) is 47.7. The minimum Gasteiger partial charge on any atom is -0.305 e. The van der Waals surface area contributed by atoms with E-state index in [4.69, 9.17) is 0 Å². The van der Waals surface area contributed by atoms with Gasteiger partial charge >= 0.3 is 60.3 Å². The minimum absolute atomic E-state index is 0. The predicted octanol–water partition coefficient (Wildman–Crippen LogP) is 33.5. The van der Waals surface area contributed by atoms with Crippen LogP contribution in [0.4, 0.5) is 0 Å². The Morgan fingerprint density at radius 1 is 0.155 bits per heavy atom. The summed E-state index contributed by atoms with van der Waals surface area (Å²) in [5.74, 6) is 0. The molecule has 0 N–H and O–H groups in total. The molecule has 0 fully saturated rings. The molecule has 0 unspecified atom stereocenters. The van der Waals surface area contributed by atoms with Gasteiger partial charge in [-0.15, -0.1) is 323 Å². The zero-order valence-corrected chi connectivity index (χ0v) is 87.7. The van der Waals surface area contributed by atoms with E-state index in [0.29, 0.717) is 0 Å². The molecule has 0 bridgehead atoms. The van der Waals surface area contributed by atoms with Crippen molar-refractivity contribution < 1.29 is 60.3 Å². The number of nitrogens with zero attached hydrogens (tertiary/aromatic N) is 9. The first kappa shape index (κ1) is 105. The van der Waals surface area contributed by atoms with Crippen LogP contribution in [0.2, 0.25) is 0 Å². The van der Waals surface area contributed by atoms with E-state index in [1.54, 1.807) is 0 Å². The average Bonchev–Trinajstić information content (AvgIpc) is 0.861. The summed E-state index contributed by atoms with van der Waals surface area (Å²) >= 11 is 0. The van der Waals surface area contributed by atoms with E-state index >= 15 is 0 Å². The van der Waals surface area contributed by atoms with Crippen molar-refractivity contribution in [2.45, 2.75) is 6.92 Å². The fourth-order valence-corrected chi connectivity index (χ4v) is 16.4. The van der Waals surface area contributed by atoms with Gasteiger partial charge in [0.1, 0.15) is 0 Å². The number of aromatic nitrogens is 9. The first-order valence-electron chi connectivity index (χ1n) is 47.7. The van der Waals surface area contributed by atoms with Gasteiger partial charge in [-0.1, -0.05) is 231 Å². The summed E-state index contributed by atoms with van der Waals surface area (Å²) in [5, 5.41) is 14.3. The Hall–Kier alpha value is -17.4. The second-order valence-electron chi connectivity index (χ2n) is 33.1. The largest absolute Gasteiger partial charge is 3.00 e. The summed E-state index contributed by atoms with van der Waals surface area (Å²) in [6.07, 6.45) is 16.6. The number of fused-ring (bicyclic) bond motifs is 6. The van der Waals surface area contributed by atoms with Crippen LogP contribution >= 0.6 is 0 Å². The summed E-state index contributed by atoms with van der Waals surface area (Å²) < 4.78 is 0. The Morgan fingerprint density at radius 3 is 0.662 bits per heavy atom. The zero-order chi connectivity index (χ0) is 98.3. The molecular weight excluding hydrogens is 2340 g/mol. The van der Waals surface area contributed by atoms with Crippen molar-refractivity contribution in [2.75, 3.05) is 0 Å². The normalized spacial score (nSPS) is 10.2. The van der Waals surface area contributed by atoms with Crippen LogP contribution in [0.5, 0.6) is 0 Å². The van der Waals surface area contributed by atoms with Crippen molar-refractivity contribution in [1.29, 1.82) is 0 Å². The number of benzene rings is 17. The van der Waals surface area contributed by atoms with Gasteiger partial charge in [-0.2, -0.15) is 0 Å². The number of aryl methyl sites for hydroxylation is 1. The van der Waals surface area contributed by atoms with Gasteiger partial charge in [-0.3, -0.25) is 0 Å². The van der Waals surface area contributed by atoms with E-state index in [-0.39, 0.29) is 60.3 Å². The molecule has 0 aliphatic rings. The number of hydrogen-bond donors (Lipinski definition) is 0. The summed E-state index contributed by atoms with van der Waals surface area (Å²) in [5.41, 5.74) is 24.1. The van der Waals surface area contributed by atoms with E-state index in [9.17, 15) is 0 Å². The van der Waals surface area contributed by atoms with Crippen LogP contribution in [0.3, 0.4) is 0 Å². The van der Waals surface area contributed by atoms with E-state index in [1.165, 1.54) is 86.9 Å². The fraction of sp³-hybridized carbons (Fsp3) is 0.00735. The molecule has 26 aromatic rings. The van der Waals surface area contributed by atoms with Crippen molar-refractivity contribution >= 4 is 64.6 Å². The van der Waals surface area contributed by atoms with Crippen LogP contribution in [0.15, 0.2) is 553 Å². The number of rotatable bonds is 11. The van der Waals surface area contributed by atoms with Gasteiger partial charge < -0.3 is 44.9 Å². The van der Waals surface area contributed by atoms with Crippen molar-refractivity contribution in [2.24, 2.45) is 0 Å². The Balaban J connectivity index is 0.000000124. The Labute approximate surface area is 905 Å². The molecule has 0 aliphatic heterocycles. The van der Waals surface area contributed by atoms with Crippen LogP contribution in [-0.4, -0.2) is 44.9 Å². The van der Waals surface area contributed by atoms with Gasteiger partial charge in [0.15, 0.2) is 0 Å². The van der Waals surface area contributed by atoms with Crippen molar-refractivity contribution in [3.05, 3.63) is 613 Å². The Morgan fingerprint density at radius 2 is 0.392 bits per heavy atom. The average molecular weight is 2430 g/mol. The summed E-state index contributed by atoms with van der Waals surface area (Å²) in [6, 6.07) is 195. The van der Waals surface area contributed by atoms with Gasteiger partial charge in [-0.25, -0.2) is 0 Å². The molecule has 0 saturated carbocycles. The van der Waals surface area contributed by atoms with Crippen LogP contribution in [0.25, 0.3) is 188 Å². The molecule has 12 heteroatoms. The molecule has 710 valence electrons. The monoisotopic (exact) mass is 2430 g/mol. The quantitative estimate of drug-likeness (QED) is 0.117. The molecule has 0 amide bonds. The van der Waals surface area contributed by atoms with Gasteiger partial charge in [0.25, 0.3) is 0 Å². The van der Waals surface area contributed by atoms with Gasteiger partial charge in [0, 0.05) is 55.8 Å². The SMILES string of the molecule is Cc1ccc(-c2[c-]cccc2)nc1.[Ir+3].[Ir+3].[Ir+3].[c-]1ccccc1-c1cc(-c2ccccc2)ccn1.[c-]1ccccc1-c1nccc2ccccc12.[c-]1ccccc1-c1nccc2ccccc12.[c-]1ccccc1-c1nccc2ccccc12.[c-]1ccccc1-c1nccc2ccccc12.[c-]1ccccc1-c1nccc2ccccc12.[c-]1ccccc1-c1nccc2ccccc12.[c-]1ccccc1-c1ncccc1-c1ccccc1. The molecule has 9 aromatic heterocycles. The third kappa shape index (κ3) is 28.4. The fourth-order valence-electron chi connectivity index (χ4n) is 16.4.